The maximum absolute atomic E-state index is 11.6. The second-order valence-electron chi connectivity index (χ2n) is 3.96. The third-order valence-electron chi connectivity index (χ3n) is 2.36. The van der Waals surface area contributed by atoms with Crippen LogP contribution in [0.15, 0.2) is 24.3 Å². The Hall–Kier alpha value is -2.57. The third-order valence-corrected chi connectivity index (χ3v) is 2.36. The fourth-order valence-electron chi connectivity index (χ4n) is 1.46. The fraction of sp³-hybridized carbons (Fsp3) is 0.357. The van der Waals surface area contributed by atoms with Crippen LogP contribution in [0.25, 0.3) is 0 Å². The van der Waals surface area contributed by atoms with Crippen LogP contribution in [-0.2, 0) is 25.5 Å². The van der Waals surface area contributed by atoms with Crippen LogP contribution in [0.4, 0.5) is 4.79 Å². The molecule has 0 bridgehead atoms. The smallest absolute Gasteiger partial charge is 0.413 e. The first-order chi connectivity index (χ1) is 10.0. The predicted octanol–water partition coefficient (Wildman–Crippen LogP) is 1.05. The molecule has 1 rings (SSSR count). The lowest BCUT2D eigenvalue weighted by Gasteiger charge is -2.06. The number of hydrogen-bond donors (Lipinski definition) is 1. The molecule has 21 heavy (non-hydrogen) atoms. The standard InChI is InChI=1S/C14H17NO6/c1-3-20-14(18)15-12(16)9-21-13(17)8-10-5-4-6-11(7-10)19-2/h4-7H,3,8-9H2,1-2H3,(H,15,16,18). The summed E-state index contributed by atoms with van der Waals surface area (Å²) in [4.78, 5) is 33.8. The van der Waals surface area contributed by atoms with Gasteiger partial charge in [0.15, 0.2) is 6.61 Å². The highest BCUT2D eigenvalue weighted by atomic mass is 16.6. The number of hydrogen-bond acceptors (Lipinski definition) is 6. The fourth-order valence-corrected chi connectivity index (χ4v) is 1.46. The zero-order valence-corrected chi connectivity index (χ0v) is 11.9. The minimum Gasteiger partial charge on any atom is -0.497 e. The second kappa shape index (κ2) is 8.57. The van der Waals surface area contributed by atoms with E-state index < -0.39 is 24.6 Å². The molecule has 0 heterocycles. The van der Waals surface area contributed by atoms with E-state index in [4.69, 9.17) is 9.47 Å². The van der Waals surface area contributed by atoms with Crippen molar-refractivity contribution in [2.24, 2.45) is 0 Å². The number of nitrogens with one attached hydrogen (secondary N) is 1. The largest absolute Gasteiger partial charge is 0.497 e. The first-order valence-electron chi connectivity index (χ1n) is 6.30. The van der Waals surface area contributed by atoms with E-state index in [9.17, 15) is 14.4 Å². The lowest BCUT2D eigenvalue weighted by atomic mass is 10.1. The zero-order valence-electron chi connectivity index (χ0n) is 11.9. The van der Waals surface area contributed by atoms with Crippen LogP contribution in [0.1, 0.15) is 12.5 Å². The van der Waals surface area contributed by atoms with Gasteiger partial charge in [0.2, 0.25) is 0 Å². The highest BCUT2D eigenvalue weighted by molar-refractivity contribution is 5.93. The van der Waals surface area contributed by atoms with Gasteiger partial charge in [-0.1, -0.05) is 12.1 Å². The Kier molecular flexibility index (Phi) is 6.73. The van der Waals surface area contributed by atoms with Crippen molar-refractivity contribution in [2.45, 2.75) is 13.3 Å². The van der Waals surface area contributed by atoms with Gasteiger partial charge >= 0.3 is 12.1 Å². The van der Waals surface area contributed by atoms with E-state index >= 15 is 0 Å². The van der Waals surface area contributed by atoms with Crippen LogP contribution in [0.5, 0.6) is 5.75 Å². The number of imide groups is 1. The van der Waals surface area contributed by atoms with E-state index in [1.165, 1.54) is 7.11 Å². The van der Waals surface area contributed by atoms with Crippen LogP contribution < -0.4 is 10.1 Å². The van der Waals surface area contributed by atoms with E-state index in [1.54, 1.807) is 31.2 Å². The van der Waals surface area contributed by atoms with Crippen molar-refractivity contribution in [1.29, 1.82) is 0 Å². The summed E-state index contributed by atoms with van der Waals surface area (Å²) in [7, 11) is 1.52. The average molecular weight is 295 g/mol. The quantitative estimate of drug-likeness (QED) is 0.789. The molecule has 114 valence electrons. The predicted molar refractivity (Wildman–Crippen MR) is 72.8 cm³/mol. The molecule has 0 radical (unpaired) electrons. The van der Waals surface area contributed by atoms with Gasteiger partial charge in [0, 0.05) is 0 Å². The molecule has 1 aromatic rings. The molecule has 0 spiro atoms. The molecular weight excluding hydrogens is 278 g/mol. The van der Waals surface area contributed by atoms with Crippen molar-refractivity contribution in [1.82, 2.24) is 5.32 Å². The number of amides is 2. The van der Waals surface area contributed by atoms with Gasteiger partial charge in [0.05, 0.1) is 20.1 Å². The van der Waals surface area contributed by atoms with Crippen molar-refractivity contribution in [3.8, 4) is 5.75 Å². The molecule has 0 atom stereocenters. The molecule has 0 aliphatic heterocycles. The molecular formula is C14H17NO6. The van der Waals surface area contributed by atoms with Gasteiger partial charge in [-0.05, 0) is 24.6 Å². The number of carbonyl (C=O) groups excluding carboxylic acids is 3. The van der Waals surface area contributed by atoms with Gasteiger partial charge in [-0.3, -0.25) is 14.9 Å². The van der Waals surface area contributed by atoms with Crippen molar-refractivity contribution in [3.63, 3.8) is 0 Å². The lowest BCUT2D eigenvalue weighted by Crippen LogP contribution is -2.34. The van der Waals surface area contributed by atoms with Crippen LogP contribution in [0, 0.1) is 0 Å². The molecule has 0 aliphatic rings. The number of alkyl carbamates (subject to hydrolysis) is 1. The summed E-state index contributed by atoms with van der Waals surface area (Å²) in [5.41, 5.74) is 0.699. The molecule has 7 heteroatoms. The lowest BCUT2D eigenvalue weighted by molar-refractivity contribution is -0.147. The van der Waals surface area contributed by atoms with Crippen LogP contribution in [0.2, 0.25) is 0 Å². The normalized spacial score (nSPS) is 9.62. The number of rotatable bonds is 6. The number of carbonyl (C=O) groups is 3. The van der Waals surface area contributed by atoms with E-state index in [0.29, 0.717) is 11.3 Å². The van der Waals surface area contributed by atoms with Crippen molar-refractivity contribution < 1.29 is 28.6 Å². The monoisotopic (exact) mass is 295 g/mol. The Morgan fingerprint density at radius 3 is 2.62 bits per heavy atom. The average Bonchev–Trinajstić information content (AvgIpc) is 2.45. The van der Waals surface area contributed by atoms with E-state index in [2.05, 4.69) is 4.74 Å². The molecule has 0 unspecified atom stereocenters. The second-order valence-corrected chi connectivity index (χ2v) is 3.96. The van der Waals surface area contributed by atoms with Gasteiger partial charge in [0.1, 0.15) is 5.75 Å². The van der Waals surface area contributed by atoms with Gasteiger partial charge in [-0.25, -0.2) is 4.79 Å². The van der Waals surface area contributed by atoms with Crippen LogP contribution in [-0.4, -0.2) is 38.3 Å². The SMILES string of the molecule is CCOC(=O)NC(=O)COC(=O)Cc1cccc(OC)c1. The minimum absolute atomic E-state index is 0.00386. The minimum atomic E-state index is -0.869. The molecule has 0 saturated carbocycles. The summed E-state index contributed by atoms with van der Waals surface area (Å²) >= 11 is 0. The van der Waals surface area contributed by atoms with Crippen molar-refractivity contribution >= 4 is 18.0 Å². The maximum atomic E-state index is 11.6. The van der Waals surface area contributed by atoms with E-state index in [0.717, 1.165) is 0 Å². The summed E-state index contributed by atoms with van der Waals surface area (Å²) in [5.74, 6) is -0.699. The van der Waals surface area contributed by atoms with Crippen molar-refractivity contribution in [2.75, 3.05) is 20.3 Å². The molecule has 1 N–H and O–H groups in total. The summed E-state index contributed by atoms with van der Waals surface area (Å²) in [6, 6.07) is 6.93. The van der Waals surface area contributed by atoms with Gasteiger partial charge in [-0.15, -0.1) is 0 Å². The third kappa shape index (κ3) is 6.42. The Labute approximate surface area is 122 Å². The first-order valence-corrected chi connectivity index (χ1v) is 6.30. The number of ether oxygens (including phenoxy) is 3. The Morgan fingerprint density at radius 1 is 1.19 bits per heavy atom. The van der Waals surface area contributed by atoms with Gasteiger partial charge in [0.25, 0.3) is 5.91 Å². The number of esters is 1. The van der Waals surface area contributed by atoms with Crippen LogP contribution in [0.3, 0.4) is 0 Å². The number of methoxy groups -OCH3 is 1. The van der Waals surface area contributed by atoms with Crippen molar-refractivity contribution in [3.05, 3.63) is 29.8 Å². The molecule has 7 nitrogen and oxygen atoms in total. The van der Waals surface area contributed by atoms with E-state index in [1.807, 2.05) is 5.32 Å². The zero-order chi connectivity index (χ0) is 15.7. The topological polar surface area (TPSA) is 90.9 Å². The first kappa shape index (κ1) is 16.5. The summed E-state index contributed by atoms with van der Waals surface area (Å²) in [6.07, 6.45) is -0.865. The molecule has 0 saturated heterocycles. The molecule has 1 aromatic carbocycles. The Morgan fingerprint density at radius 2 is 1.95 bits per heavy atom. The molecule has 0 aromatic heterocycles. The summed E-state index contributed by atoms with van der Waals surface area (Å²) in [6.45, 7) is 1.22. The molecule has 2 amide bonds. The maximum Gasteiger partial charge on any atom is 0.413 e. The number of benzene rings is 1. The summed E-state index contributed by atoms with van der Waals surface area (Å²) in [5, 5.41) is 1.92. The highest BCUT2D eigenvalue weighted by Crippen LogP contribution is 2.13. The van der Waals surface area contributed by atoms with Crippen LogP contribution >= 0.6 is 0 Å². The van der Waals surface area contributed by atoms with E-state index in [-0.39, 0.29) is 13.0 Å². The Balaban J connectivity index is 2.36. The molecule has 0 fully saturated rings. The highest BCUT2D eigenvalue weighted by Gasteiger charge is 2.12. The molecule has 0 aliphatic carbocycles. The van der Waals surface area contributed by atoms with Gasteiger partial charge in [-0.2, -0.15) is 0 Å². The van der Waals surface area contributed by atoms with Gasteiger partial charge < -0.3 is 14.2 Å². The summed E-state index contributed by atoms with van der Waals surface area (Å²) < 4.78 is 14.3. The Bertz CT molecular complexity index is 514.